The molecule has 9 rings (SSSR count). The van der Waals surface area contributed by atoms with Gasteiger partial charge in [-0.25, -0.2) is 0 Å². The molecule has 31 unspecified atom stereocenters. The predicted octanol–water partition coefficient (Wildman–Crippen LogP) is -2.01. The molecule has 8 fully saturated rings. The molecule has 75 heavy (non-hydrogen) atoms. The highest BCUT2D eigenvalue weighted by Crippen LogP contribution is 2.73. The van der Waals surface area contributed by atoms with Crippen LogP contribution in [0.3, 0.4) is 0 Å². The molecular weight excluding hydrogens is 993 g/mol. The standard InChI is InChI=1S/C52H86O23/c1-21(20-67-45-38(61)37(60)34(57)30(18-53)71-45)10-15-51(65)22(2)44-50(6)14-12-28-27(29(50)17-52(44,66-7)75-51)9-8-25-16-26(11-13-49(25,28)5)70-48-43(74-47-40(63)36(59)33(56)24(4)69-47)41(64)42(31(19-54)72-48)73-46-39(62)35(58)32(55)23(3)68-46/h8,21-24,26-48,53-65H,9-20H2,1-7H3. The van der Waals surface area contributed by atoms with E-state index in [1.54, 1.807) is 7.11 Å². The van der Waals surface area contributed by atoms with Gasteiger partial charge in [-0.1, -0.05) is 39.3 Å². The fourth-order valence-electron chi connectivity index (χ4n) is 15.3. The van der Waals surface area contributed by atoms with Crippen molar-refractivity contribution in [3.63, 3.8) is 0 Å². The van der Waals surface area contributed by atoms with Crippen LogP contribution in [0.25, 0.3) is 0 Å². The second kappa shape index (κ2) is 22.3. The summed E-state index contributed by atoms with van der Waals surface area (Å²) in [5, 5.41) is 139. The van der Waals surface area contributed by atoms with E-state index in [0.29, 0.717) is 43.9 Å². The van der Waals surface area contributed by atoms with Gasteiger partial charge in [-0.2, -0.15) is 0 Å². The van der Waals surface area contributed by atoms with Crippen molar-refractivity contribution in [2.75, 3.05) is 26.9 Å². The normalized spacial score (nSPS) is 55.3. The third-order valence-electron chi connectivity index (χ3n) is 19.8. The number of aliphatic hydroxyl groups is 13. The maximum Gasteiger partial charge on any atom is 0.187 e. The average Bonchev–Trinajstić information content (AvgIpc) is 3.79. The van der Waals surface area contributed by atoms with E-state index in [1.807, 2.05) is 13.8 Å². The summed E-state index contributed by atoms with van der Waals surface area (Å²) in [7, 11) is 1.66. The maximum absolute atomic E-state index is 12.3. The van der Waals surface area contributed by atoms with E-state index in [4.69, 9.17) is 47.4 Å². The van der Waals surface area contributed by atoms with Crippen molar-refractivity contribution in [3.8, 4) is 0 Å². The zero-order valence-electron chi connectivity index (χ0n) is 44.0. The molecule has 0 aromatic heterocycles. The van der Waals surface area contributed by atoms with Crippen LogP contribution in [0, 0.1) is 46.3 Å². The number of aliphatic hydroxyl groups excluding tert-OH is 12. The van der Waals surface area contributed by atoms with Gasteiger partial charge in [0.2, 0.25) is 0 Å². The largest absolute Gasteiger partial charge is 0.394 e. The quantitative estimate of drug-likeness (QED) is 0.0789. The molecule has 23 heteroatoms. The zero-order valence-corrected chi connectivity index (χ0v) is 44.0. The minimum atomic E-state index is -1.76. The molecule has 5 aliphatic heterocycles. The number of hydrogen-bond acceptors (Lipinski definition) is 23. The lowest BCUT2D eigenvalue weighted by Crippen LogP contribution is -2.66. The zero-order chi connectivity index (χ0) is 54.4. The number of ether oxygens (including phenoxy) is 10. The molecule has 5 heterocycles. The van der Waals surface area contributed by atoms with Crippen LogP contribution in [-0.2, 0) is 47.4 Å². The molecule has 5 saturated heterocycles. The summed E-state index contributed by atoms with van der Waals surface area (Å²) < 4.78 is 61.2. The number of allylic oxidation sites excluding steroid dienone is 1. The number of rotatable bonds is 15. The first-order valence-electron chi connectivity index (χ1n) is 27.3. The first kappa shape index (κ1) is 58.5. The molecule has 0 aromatic carbocycles. The van der Waals surface area contributed by atoms with Gasteiger partial charge in [0.15, 0.2) is 36.7 Å². The van der Waals surface area contributed by atoms with Crippen molar-refractivity contribution in [1.82, 2.24) is 0 Å². The Morgan fingerprint density at radius 3 is 1.85 bits per heavy atom. The van der Waals surface area contributed by atoms with Gasteiger partial charge < -0.3 is 114 Å². The number of hydrogen-bond donors (Lipinski definition) is 13. The Labute approximate surface area is 437 Å². The molecule has 0 radical (unpaired) electrons. The predicted molar refractivity (Wildman–Crippen MR) is 255 cm³/mol. The third-order valence-corrected chi connectivity index (χ3v) is 19.8. The van der Waals surface area contributed by atoms with Gasteiger partial charge in [0, 0.05) is 31.8 Å². The highest BCUT2D eigenvalue weighted by atomic mass is 16.8. The van der Waals surface area contributed by atoms with E-state index in [1.165, 1.54) is 19.4 Å². The molecule has 0 aromatic rings. The monoisotopic (exact) mass is 1080 g/mol. The molecule has 3 saturated carbocycles. The van der Waals surface area contributed by atoms with E-state index in [2.05, 4.69) is 19.9 Å². The fraction of sp³-hybridized carbons (Fsp3) is 0.962. The van der Waals surface area contributed by atoms with Crippen LogP contribution in [0.15, 0.2) is 11.6 Å². The van der Waals surface area contributed by atoms with E-state index >= 15 is 0 Å². The Kier molecular flexibility index (Phi) is 17.4. The Morgan fingerprint density at radius 1 is 0.653 bits per heavy atom. The van der Waals surface area contributed by atoms with Crippen molar-refractivity contribution < 1.29 is 114 Å². The Hall–Kier alpha value is -1.18. The molecule has 31 atom stereocenters. The van der Waals surface area contributed by atoms with Crippen molar-refractivity contribution in [2.24, 2.45) is 46.3 Å². The van der Waals surface area contributed by atoms with Crippen LogP contribution >= 0.6 is 0 Å². The number of methoxy groups -OCH3 is 1. The summed E-state index contributed by atoms with van der Waals surface area (Å²) in [5.41, 5.74) is 0.819. The Balaban J connectivity index is 0.868. The maximum atomic E-state index is 12.3. The first-order valence-corrected chi connectivity index (χ1v) is 27.3. The molecule has 432 valence electrons. The molecule has 13 N–H and O–H groups in total. The topological polar surface area (TPSA) is 355 Å². The molecule has 0 spiro atoms. The lowest BCUT2D eigenvalue weighted by Gasteiger charge is -2.58. The van der Waals surface area contributed by atoms with Gasteiger partial charge in [0.25, 0.3) is 0 Å². The smallest absolute Gasteiger partial charge is 0.187 e. The first-order chi connectivity index (χ1) is 35.4. The molecule has 0 amide bonds. The Bertz CT molecular complexity index is 1970. The van der Waals surface area contributed by atoms with E-state index < -0.39 is 154 Å². The van der Waals surface area contributed by atoms with Crippen LogP contribution in [0.5, 0.6) is 0 Å². The van der Waals surface area contributed by atoms with Crippen LogP contribution < -0.4 is 0 Å². The van der Waals surface area contributed by atoms with Crippen LogP contribution in [0.4, 0.5) is 0 Å². The SMILES string of the molecule is COC12CC3C4CC=C5CC(OC6OC(CO)C(OC7OC(C)C(O)C(O)C7O)C(O)C6OC6OC(C)C(O)C(O)C6O)CCC5(C)C4CCC3(C)C1C(C)C(O)(CCC(C)COC1OC(CO)C(O)C(O)C1O)O2. The van der Waals surface area contributed by atoms with Crippen molar-refractivity contribution in [1.29, 1.82) is 0 Å². The summed E-state index contributed by atoms with van der Waals surface area (Å²) >= 11 is 0. The minimum absolute atomic E-state index is 0.109. The molecule has 23 nitrogen and oxygen atoms in total. The summed E-state index contributed by atoms with van der Waals surface area (Å²) in [6.07, 6.45) is -21.4. The average molecular weight is 1080 g/mol. The lowest BCUT2D eigenvalue weighted by molar-refractivity contribution is -0.388. The van der Waals surface area contributed by atoms with Gasteiger partial charge in [0.1, 0.15) is 85.5 Å². The van der Waals surface area contributed by atoms with Gasteiger partial charge in [-0.3, -0.25) is 0 Å². The highest BCUT2D eigenvalue weighted by molar-refractivity contribution is 5.27. The summed E-state index contributed by atoms with van der Waals surface area (Å²) in [6, 6.07) is 0. The number of fused-ring (bicyclic) bond motifs is 7. The van der Waals surface area contributed by atoms with E-state index in [-0.39, 0.29) is 41.1 Å². The molecule has 4 aliphatic carbocycles. The van der Waals surface area contributed by atoms with Crippen molar-refractivity contribution in [3.05, 3.63) is 11.6 Å². The second-order valence-electron chi connectivity index (χ2n) is 24.2. The Morgan fingerprint density at radius 2 is 1.24 bits per heavy atom. The lowest BCUT2D eigenvalue weighted by atomic mass is 9.47. The summed E-state index contributed by atoms with van der Waals surface area (Å²) in [5.74, 6) is -2.20. The second-order valence-corrected chi connectivity index (χ2v) is 24.2. The summed E-state index contributed by atoms with van der Waals surface area (Å²) in [4.78, 5) is 0. The molecular formula is C52H86O23. The minimum Gasteiger partial charge on any atom is -0.394 e. The van der Waals surface area contributed by atoms with Crippen LogP contribution in [0.2, 0.25) is 0 Å². The van der Waals surface area contributed by atoms with Crippen LogP contribution in [0.1, 0.15) is 99.3 Å². The van der Waals surface area contributed by atoms with Gasteiger partial charge in [0.05, 0.1) is 38.1 Å². The van der Waals surface area contributed by atoms with Gasteiger partial charge >= 0.3 is 0 Å². The fourth-order valence-corrected chi connectivity index (χ4v) is 15.3. The van der Waals surface area contributed by atoms with E-state index in [0.717, 1.165) is 25.7 Å². The molecule has 9 aliphatic rings. The third kappa shape index (κ3) is 10.2. The van der Waals surface area contributed by atoms with Crippen molar-refractivity contribution >= 4 is 0 Å². The van der Waals surface area contributed by atoms with Crippen molar-refractivity contribution in [2.45, 2.75) is 240 Å². The van der Waals surface area contributed by atoms with Gasteiger partial charge in [-0.15, -0.1) is 0 Å². The highest BCUT2D eigenvalue weighted by Gasteiger charge is 2.74. The van der Waals surface area contributed by atoms with Gasteiger partial charge in [-0.05, 0) is 93.3 Å². The van der Waals surface area contributed by atoms with E-state index in [9.17, 15) is 66.4 Å². The summed E-state index contributed by atoms with van der Waals surface area (Å²) in [6.45, 7) is 10.5. The molecule has 0 bridgehead atoms. The van der Waals surface area contributed by atoms with Crippen LogP contribution in [-0.4, -0.2) is 234 Å².